The number of para-hydroxylation sites is 1. The minimum absolute atomic E-state index is 0.0600. The van der Waals surface area contributed by atoms with Crippen LogP contribution in [0.15, 0.2) is 54.6 Å². The van der Waals surface area contributed by atoms with Gasteiger partial charge in [-0.15, -0.1) is 0 Å². The first-order valence-corrected chi connectivity index (χ1v) is 9.18. The van der Waals surface area contributed by atoms with Gasteiger partial charge in [-0.25, -0.2) is 4.68 Å². The van der Waals surface area contributed by atoms with E-state index in [2.05, 4.69) is 10.4 Å². The molecule has 140 valence electrons. The van der Waals surface area contributed by atoms with E-state index in [1.165, 1.54) is 0 Å². The molecule has 0 aliphatic carbocycles. The molecule has 0 unspecified atom stereocenters. The zero-order valence-corrected chi connectivity index (χ0v) is 16.2. The maximum atomic E-state index is 12.1. The number of ether oxygens (including phenoxy) is 1. The standard InChI is InChI=1S/C21H22ClN3O2/c1-15-20(16(2)25(24-15)18-6-4-3-5-7-18)14-23-21(26)12-13-27-19-10-8-17(22)9-11-19/h3-11H,12-14H2,1-2H3,(H,23,26). The van der Waals surface area contributed by atoms with E-state index in [-0.39, 0.29) is 12.3 Å². The van der Waals surface area contributed by atoms with Gasteiger partial charge < -0.3 is 10.1 Å². The van der Waals surface area contributed by atoms with Crippen LogP contribution in [0.25, 0.3) is 5.69 Å². The fourth-order valence-electron chi connectivity index (χ4n) is 2.82. The van der Waals surface area contributed by atoms with Crippen LogP contribution in [0.3, 0.4) is 0 Å². The van der Waals surface area contributed by atoms with Crippen LogP contribution in [0.1, 0.15) is 23.4 Å². The fraction of sp³-hybridized carbons (Fsp3) is 0.238. The zero-order valence-electron chi connectivity index (χ0n) is 15.4. The number of hydrogen-bond donors (Lipinski definition) is 1. The summed E-state index contributed by atoms with van der Waals surface area (Å²) in [6, 6.07) is 17.0. The molecule has 3 rings (SSSR count). The number of rotatable bonds is 7. The summed E-state index contributed by atoms with van der Waals surface area (Å²) in [7, 11) is 0. The summed E-state index contributed by atoms with van der Waals surface area (Å²) in [6.07, 6.45) is 0.285. The van der Waals surface area contributed by atoms with Gasteiger partial charge in [-0.1, -0.05) is 29.8 Å². The molecule has 1 N–H and O–H groups in total. The van der Waals surface area contributed by atoms with Crippen LogP contribution in [0.2, 0.25) is 5.02 Å². The Kier molecular flexibility index (Phi) is 6.14. The normalized spacial score (nSPS) is 10.6. The molecule has 0 saturated carbocycles. The molecule has 0 saturated heterocycles. The average Bonchev–Trinajstić information content (AvgIpc) is 2.96. The van der Waals surface area contributed by atoms with E-state index in [9.17, 15) is 4.79 Å². The van der Waals surface area contributed by atoms with Gasteiger partial charge in [-0.2, -0.15) is 5.10 Å². The van der Waals surface area contributed by atoms with Gasteiger partial charge in [0.1, 0.15) is 5.75 Å². The Bertz CT molecular complexity index is 905. The molecule has 0 aliphatic heterocycles. The molecular weight excluding hydrogens is 362 g/mol. The maximum absolute atomic E-state index is 12.1. The summed E-state index contributed by atoms with van der Waals surface area (Å²) in [6.45, 7) is 4.73. The van der Waals surface area contributed by atoms with Crippen LogP contribution in [0.4, 0.5) is 0 Å². The highest BCUT2D eigenvalue weighted by atomic mass is 35.5. The number of nitrogens with one attached hydrogen (secondary N) is 1. The number of nitrogens with zero attached hydrogens (tertiary/aromatic N) is 2. The molecule has 1 amide bonds. The third-order valence-electron chi connectivity index (χ3n) is 4.32. The summed E-state index contributed by atoms with van der Waals surface area (Å²) in [4.78, 5) is 12.1. The van der Waals surface area contributed by atoms with E-state index in [0.717, 1.165) is 22.6 Å². The van der Waals surface area contributed by atoms with Crippen molar-refractivity contribution >= 4 is 17.5 Å². The summed E-state index contributed by atoms with van der Waals surface area (Å²) >= 11 is 5.84. The molecule has 5 nitrogen and oxygen atoms in total. The molecule has 3 aromatic rings. The van der Waals surface area contributed by atoms with Crippen molar-refractivity contribution in [1.82, 2.24) is 15.1 Å². The van der Waals surface area contributed by atoms with Crippen molar-refractivity contribution in [2.45, 2.75) is 26.8 Å². The second-order valence-corrected chi connectivity index (χ2v) is 6.66. The Morgan fingerprint density at radius 3 is 2.52 bits per heavy atom. The molecule has 0 fully saturated rings. The zero-order chi connectivity index (χ0) is 19.2. The Morgan fingerprint density at radius 1 is 1.11 bits per heavy atom. The smallest absolute Gasteiger partial charge is 0.223 e. The molecule has 0 spiro atoms. The van der Waals surface area contributed by atoms with Crippen molar-refractivity contribution in [2.24, 2.45) is 0 Å². The second-order valence-electron chi connectivity index (χ2n) is 6.23. The van der Waals surface area contributed by atoms with E-state index < -0.39 is 0 Å². The van der Waals surface area contributed by atoms with Crippen molar-refractivity contribution in [2.75, 3.05) is 6.61 Å². The number of halogens is 1. The van der Waals surface area contributed by atoms with E-state index in [1.807, 2.05) is 48.9 Å². The molecule has 27 heavy (non-hydrogen) atoms. The van der Waals surface area contributed by atoms with E-state index >= 15 is 0 Å². The molecular formula is C21H22ClN3O2. The predicted octanol–water partition coefficient (Wildman–Crippen LogP) is 4.23. The van der Waals surface area contributed by atoms with Crippen LogP contribution < -0.4 is 10.1 Å². The number of aryl methyl sites for hydroxylation is 1. The van der Waals surface area contributed by atoms with Crippen LogP contribution >= 0.6 is 11.6 Å². The monoisotopic (exact) mass is 383 g/mol. The molecule has 1 heterocycles. The Morgan fingerprint density at radius 2 is 1.81 bits per heavy atom. The molecule has 0 radical (unpaired) electrons. The third-order valence-corrected chi connectivity index (χ3v) is 4.57. The average molecular weight is 384 g/mol. The molecule has 6 heteroatoms. The second kappa shape index (κ2) is 8.73. The van der Waals surface area contributed by atoms with Gasteiger partial charge in [-0.05, 0) is 50.2 Å². The van der Waals surface area contributed by atoms with Crippen molar-refractivity contribution in [3.8, 4) is 11.4 Å². The largest absolute Gasteiger partial charge is 0.493 e. The van der Waals surface area contributed by atoms with E-state index in [0.29, 0.717) is 23.9 Å². The summed E-state index contributed by atoms with van der Waals surface area (Å²) < 4.78 is 7.46. The van der Waals surface area contributed by atoms with Crippen LogP contribution in [0.5, 0.6) is 5.75 Å². The van der Waals surface area contributed by atoms with Gasteiger partial charge in [-0.3, -0.25) is 4.79 Å². The SMILES string of the molecule is Cc1nn(-c2ccccc2)c(C)c1CNC(=O)CCOc1ccc(Cl)cc1. The van der Waals surface area contributed by atoms with Crippen molar-refractivity contribution in [3.63, 3.8) is 0 Å². The maximum Gasteiger partial charge on any atom is 0.223 e. The first-order chi connectivity index (χ1) is 13.0. The van der Waals surface area contributed by atoms with Gasteiger partial charge in [0.15, 0.2) is 0 Å². The first-order valence-electron chi connectivity index (χ1n) is 8.80. The van der Waals surface area contributed by atoms with Crippen molar-refractivity contribution in [3.05, 3.63) is 76.6 Å². The van der Waals surface area contributed by atoms with Gasteiger partial charge in [0.2, 0.25) is 5.91 Å². The topological polar surface area (TPSA) is 56.2 Å². The van der Waals surface area contributed by atoms with Crippen LogP contribution in [-0.2, 0) is 11.3 Å². The molecule has 1 aromatic heterocycles. The predicted molar refractivity (Wildman–Crippen MR) is 106 cm³/mol. The molecule has 0 atom stereocenters. The van der Waals surface area contributed by atoms with Gasteiger partial charge in [0.25, 0.3) is 0 Å². The van der Waals surface area contributed by atoms with Gasteiger partial charge in [0, 0.05) is 22.8 Å². The molecule has 0 bridgehead atoms. The van der Waals surface area contributed by atoms with Gasteiger partial charge >= 0.3 is 0 Å². The van der Waals surface area contributed by atoms with Crippen molar-refractivity contribution < 1.29 is 9.53 Å². The number of carbonyl (C=O) groups is 1. The highest BCUT2D eigenvalue weighted by Gasteiger charge is 2.13. The summed E-state index contributed by atoms with van der Waals surface area (Å²) in [5, 5.41) is 8.20. The lowest BCUT2D eigenvalue weighted by Crippen LogP contribution is -2.25. The molecule has 0 aliphatic rings. The number of benzene rings is 2. The van der Waals surface area contributed by atoms with Crippen molar-refractivity contribution in [1.29, 1.82) is 0 Å². The first kappa shape index (κ1) is 19.0. The van der Waals surface area contributed by atoms with E-state index in [1.54, 1.807) is 24.3 Å². The summed E-state index contributed by atoms with van der Waals surface area (Å²) in [5.41, 5.74) is 3.98. The molecule has 2 aromatic carbocycles. The quantitative estimate of drug-likeness (QED) is 0.664. The Labute approximate surface area is 163 Å². The lowest BCUT2D eigenvalue weighted by molar-refractivity contribution is -0.121. The van der Waals surface area contributed by atoms with E-state index in [4.69, 9.17) is 16.3 Å². The Balaban J connectivity index is 1.53. The van der Waals surface area contributed by atoms with Gasteiger partial charge in [0.05, 0.1) is 24.4 Å². The number of hydrogen-bond acceptors (Lipinski definition) is 3. The lowest BCUT2D eigenvalue weighted by atomic mass is 10.2. The highest BCUT2D eigenvalue weighted by molar-refractivity contribution is 6.30. The third kappa shape index (κ3) is 4.89. The number of aromatic nitrogens is 2. The fourth-order valence-corrected chi connectivity index (χ4v) is 2.95. The minimum atomic E-state index is -0.0600. The summed E-state index contributed by atoms with van der Waals surface area (Å²) in [5.74, 6) is 0.637. The Hall–Kier alpha value is -2.79. The minimum Gasteiger partial charge on any atom is -0.493 e. The van der Waals surface area contributed by atoms with Crippen LogP contribution in [-0.4, -0.2) is 22.3 Å². The number of carbonyl (C=O) groups excluding carboxylic acids is 1. The number of amides is 1. The highest BCUT2D eigenvalue weighted by Crippen LogP contribution is 2.18. The lowest BCUT2D eigenvalue weighted by Gasteiger charge is -2.08. The van der Waals surface area contributed by atoms with Crippen LogP contribution in [0, 0.1) is 13.8 Å².